The Balaban J connectivity index is -0.000000193. The summed E-state index contributed by atoms with van der Waals surface area (Å²) in [5, 5.41) is 23.7. The first-order valence-corrected chi connectivity index (χ1v) is 4.81. The number of hydrogen-bond acceptors (Lipinski definition) is 5. The van der Waals surface area contributed by atoms with Gasteiger partial charge in [0.15, 0.2) is 0 Å². The number of aromatic carboxylic acids is 2. The second kappa shape index (κ2) is 14.0. The Morgan fingerprint density at radius 1 is 0.955 bits per heavy atom. The van der Waals surface area contributed by atoms with Gasteiger partial charge in [-0.15, -0.1) is 0 Å². The summed E-state index contributed by atoms with van der Waals surface area (Å²) in [5.41, 5.74) is -0.589. The SMILES string of the molecule is CCC(=O)Nc1cc(C(=O)[O-])cc(C(=O)[O-])c1.O.[OH3+].[OH3+].[OH3+].[Zn+2]. The predicted octanol–water partition coefficient (Wildman–Crippen LogP) is -4.83. The number of carboxylic acids is 2. The maximum Gasteiger partial charge on any atom is 2.00 e. The number of carboxylic acid groups (broad SMARTS) is 2. The van der Waals surface area contributed by atoms with Crippen molar-refractivity contribution >= 4 is 23.5 Å². The van der Waals surface area contributed by atoms with Gasteiger partial charge in [0.25, 0.3) is 0 Å². The fraction of sp³-hybridized carbons (Fsp3) is 0.182. The Hall–Kier alpha value is -1.91. The van der Waals surface area contributed by atoms with Crippen LogP contribution < -0.4 is 15.5 Å². The van der Waals surface area contributed by atoms with E-state index in [9.17, 15) is 24.6 Å². The molecule has 0 aliphatic carbocycles. The van der Waals surface area contributed by atoms with Crippen LogP contribution in [0.5, 0.6) is 0 Å². The van der Waals surface area contributed by atoms with Crippen LogP contribution in [0.3, 0.4) is 0 Å². The molecule has 0 unspecified atom stereocenters. The Bertz CT molecular complexity index is 460. The summed E-state index contributed by atoms with van der Waals surface area (Å²) in [4.78, 5) is 32.4. The Morgan fingerprint density at radius 2 is 1.32 bits per heavy atom. The molecule has 0 aliphatic rings. The van der Waals surface area contributed by atoms with Gasteiger partial charge in [-0.1, -0.05) is 6.92 Å². The average Bonchev–Trinajstić information content (AvgIpc) is 2.28. The van der Waals surface area contributed by atoms with E-state index >= 15 is 0 Å². The third kappa shape index (κ3) is 9.11. The molecule has 10 nitrogen and oxygen atoms in total. The quantitative estimate of drug-likeness (QED) is 0.400. The van der Waals surface area contributed by atoms with Crippen molar-refractivity contribution in [1.29, 1.82) is 0 Å². The zero-order valence-corrected chi connectivity index (χ0v) is 14.9. The number of carbonyl (C=O) groups is 3. The van der Waals surface area contributed by atoms with Crippen LogP contribution >= 0.6 is 0 Å². The van der Waals surface area contributed by atoms with E-state index in [4.69, 9.17) is 0 Å². The van der Waals surface area contributed by atoms with Crippen LogP contribution in [0.2, 0.25) is 0 Å². The van der Waals surface area contributed by atoms with Crippen LogP contribution in [-0.4, -0.2) is 23.3 Å². The summed E-state index contributed by atoms with van der Waals surface area (Å²) in [6.07, 6.45) is 0.191. The fourth-order valence-electron chi connectivity index (χ4n) is 1.18. The molecule has 0 saturated heterocycles. The maximum atomic E-state index is 11.1. The molecular formula is C11H20NO9Zn+3. The molecular weight excluding hydrogens is 356 g/mol. The summed E-state index contributed by atoms with van der Waals surface area (Å²) < 4.78 is 0. The molecule has 122 valence electrons. The van der Waals surface area contributed by atoms with Crippen molar-refractivity contribution in [3.05, 3.63) is 29.3 Å². The van der Waals surface area contributed by atoms with Crippen molar-refractivity contribution in [2.75, 3.05) is 5.32 Å². The van der Waals surface area contributed by atoms with Gasteiger partial charge in [-0.05, 0) is 29.3 Å². The van der Waals surface area contributed by atoms with Crippen LogP contribution in [-0.2, 0) is 40.7 Å². The van der Waals surface area contributed by atoms with E-state index in [0.717, 1.165) is 18.2 Å². The van der Waals surface area contributed by atoms with Crippen molar-refractivity contribution in [2.45, 2.75) is 13.3 Å². The molecule has 12 N–H and O–H groups in total. The summed E-state index contributed by atoms with van der Waals surface area (Å²) in [7, 11) is 0. The molecule has 0 fully saturated rings. The Kier molecular flexibility index (Phi) is 20.5. The molecule has 0 atom stereocenters. The third-order valence-corrected chi connectivity index (χ3v) is 2.01. The van der Waals surface area contributed by atoms with Gasteiger partial charge in [0.2, 0.25) is 5.91 Å². The predicted molar refractivity (Wildman–Crippen MR) is 72.3 cm³/mol. The van der Waals surface area contributed by atoms with Gasteiger partial charge in [0.05, 0.1) is 11.9 Å². The summed E-state index contributed by atoms with van der Waals surface area (Å²) >= 11 is 0. The van der Waals surface area contributed by atoms with Crippen molar-refractivity contribution in [1.82, 2.24) is 0 Å². The number of nitrogens with one attached hydrogen (secondary N) is 1. The van der Waals surface area contributed by atoms with Gasteiger partial charge in [-0.3, -0.25) is 4.79 Å². The van der Waals surface area contributed by atoms with Crippen LogP contribution in [0.25, 0.3) is 0 Å². The fourth-order valence-corrected chi connectivity index (χ4v) is 1.18. The smallest absolute Gasteiger partial charge is 0.545 e. The molecule has 11 heteroatoms. The molecule has 1 amide bonds. The second-order valence-electron chi connectivity index (χ2n) is 3.28. The minimum atomic E-state index is -1.53. The van der Waals surface area contributed by atoms with Gasteiger partial charge in [-0.25, -0.2) is 0 Å². The molecule has 22 heavy (non-hydrogen) atoms. The third-order valence-electron chi connectivity index (χ3n) is 2.01. The standard InChI is InChI=1S/C11H11NO5.4H2O.Zn/c1-2-9(13)12-8-4-6(10(14)15)3-7(5-8)11(16)17;;;;;/h3-5H,2H2,1H3,(H,12,13)(H,14,15)(H,16,17);4*1H2;/q;;;;;+2/p+1. The van der Waals surface area contributed by atoms with Crippen LogP contribution in [0.4, 0.5) is 5.69 Å². The van der Waals surface area contributed by atoms with Gasteiger partial charge in [0, 0.05) is 12.1 Å². The molecule has 0 aromatic heterocycles. The zero-order valence-electron chi connectivity index (χ0n) is 11.9. The number of carbonyl (C=O) groups excluding carboxylic acids is 3. The first-order chi connectivity index (χ1) is 7.93. The van der Waals surface area contributed by atoms with Gasteiger partial charge in [-0.2, -0.15) is 0 Å². The topological polar surface area (TPSA) is 240 Å². The van der Waals surface area contributed by atoms with E-state index < -0.39 is 11.9 Å². The number of amides is 1. The van der Waals surface area contributed by atoms with Crippen molar-refractivity contribution in [3.63, 3.8) is 0 Å². The van der Waals surface area contributed by atoms with E-state index in [0.29, 0.717) is 0 Å². The Labute approximate surface area is 138 Å². The first-order valence-electron chi connectivity index (χ1n) is 4.81. The molecule has 0 aliphatic heterocycles. The van der Waals surface area contributed by atoms with Crippen LogP contribution in [0, 0.1) is 0 Å². The molecule has 1 aromatic rings. The van der Waals surface area contributed by atoms with Gasteiger partial charge >= 0.3 is 19.5 Å². The number of hydrogen-bond donors (Lipinski definition) is 1. The van der Waals surface area contributed by atoms with Crippen molar-refractivity contribution in [3.8, 4) is 0 Å². The molecule has 0 heterocycles. The monoisotopic (exact) mass is 374 g/mol. The van der Waals surface area contributed by atoms with Crippen molar-refractivity contribution in [2.24, 2.45) is 0 Å². The summed E-state index contributed by atoms with van der Waals surface area (Å²) in [6, 6.07) is 3.15. The van der Waals surface area contributed by atoms with Gasteiger partial charge < -0.3 is 47.0 Å². The minimum Gasteiger partial charge on any atom is -0.545 e. The molecule has 1 rings (SSSR count). The van der Waals surface area contributed by atoms with Crippen LogP contribution in [0.15, 0.2) is 18.2 Å². The normalized spacial score (nSPS) is 7.50. The molecule has 0 bridgehead atoms. The van der Waals surface area contributed by atoms with E-state index in [2.05, 4.69) is 5.32 Å². The zero-order chi connectivity index (χ0) is 13.0. The van der Waals surface area contributed by atoms with E-state index in [-0.39, 0.29) is 70.5 Å². The average molecular weight is 376 g/mol. The first kappa shape index (κ1) is 32.2. The van der Waals surface area contributed by atoms with Crippen LogP contribution in [0.1, 0.15) is 34.1 Å². The summed E-state index contributed by atoms with van der Waals surface area (Å²) in [6.45, 7) is 1.61. The van der Waals surface area contributed by atoms with E-state index in [1.807, 2.05) is 0 Å². The molecule has 0 radical (unpaired) electrons. The maximum absolute atomic E-state index is 11.1. The largest absolute Gasteiger partial charge is 2.00 e. The van der Waals surface area contributed by atoms with E-state index in [1.54, 1.807) is 6.92 Å². The van der Waals surface area contributed by atoms with Crippen molar-refractivity contribution < 1.29 is 66.0 Å². The number of benzene rings is 1. The molecule has 1 aromatic carbocycles. The van der Waals surface area contributed by atoms with Gasteiger partial charge in [0.1, 0.15) is 0 Å². The molecule has 0 saturated carbocycles. The second-order valence-corrected chi connectivity index (χ2v) is 3.28. The number of rotatable bonds is 4. The summed E-state index contributed by atoms with van der Waals surface area (Å²) in [5.74, 6) is -3.41. The molecule has 0 spiro atoms. The minimum absolute atomic E-state index is 0. The van der Waals surface area contributed by atoms with E-state index in [1.165, 1.54) is 0 Å². The Morgan fingerprint density at radius 3 is 1.59 bits per heavy atom. The number of anilines is 1.